The molecule has 0 bridgehead atoms. The summed E-state index contributed by atoms with van der Waals surface area (Å²) in [5, 5.41) is 1.05. The van der Waals surface area contributed by atoms with Crippen molar-refractivity contribution in [2.75, 3.05) is 6.61 Å². The molecule has 84 valence electrons. The van der Waals surface area contributed by atoms with Crippen LogP contribution in [0.1, 0.15) is 5.56 Å². The summed E-state index contributed by atoms with van der Waals surface area (Å²) in [5.74, 6) is 0.100. The van der Waals surface area contributed by atoms with Crippen molar-refractivity contribution in [1.82, 2.24) is 0 Å². The summed E-state index contributed by atoms with van der Waals surface area (Å²) >= 11 is 14.9. The largest absolute Gasteiger partial charge is 0.485 e. The normalized spacial score (nSPS) is 10.8. The Hall–Kier alpha value is -0.0600. The molecule has 0 spiro atoms. The molecule has 0 fully saturated rings. The average molecular weight is 320 g/mol. The van der Waals surface area contributed by atoms with Crippen molar-refractivity contribution in [3.05, 3.63) is 27.7 Å². The van der Waals surface area contributed by atoms with E-state index in [-0.39, 0.29) is 15.8 Å². The van der Waals surface area contributed by atoms with Crippen LogP contribution in [0.2, 0.25) is 10.0 Å². The minimum absolute atomic E-state index is 0.100. The molecule has 0 unspecified atom stereocenters. The average Bonchev–Trinajstić information content (AvgIpc) is 2.15. The van der Waals surface area contributed by atoms with Crippen LogP contribution in [0.3, 0.4) is 0 Å². The SMILES string of the molecule is FC(F)COc1c(Cl)cc(CBr)cc1Cl. The van der Waals surface area contributed by atoms with Gasteiger partial charge in [-0.2, -0.15) is 0 Å². The number of ether oxygens (including phenoxy) is 1. The van der Waals surface area contributed by atoms with E-state index < -0.39 is 13.0 Å². The Balaban J connectivity index is 2.88. The van der Waals surface area contributed by atoms with E-state index in [2.05, 4.69) is 15.9 Å². The molecule has 15 heavy (non-hydrogen) atoms. The second kappa shape index (κ2) is 5.87. The maximum atomic E-state index is 11.9. The lowest BCUT2D eigenvalue weighted by atomic mass is 10.2. The molecule has 6 heteroatoms. The monoisotopic (exact) mass is 318 g/mol. The van der Waals surface area contributed by atoms with E-state index in [1.54, 1.807) is 12.1 Å². The van der Waals surface area contributed by atoms with E-state index >= 15 is 0 Å². The first-order valence-corrected chi connectivity index (χ1v) is 5.87. The van der Waals surface area contributed by atoms with Gasteiger partial charge in [-0.15, -0.1) is 0 Å². The Labute approximate surface area is 104 Å². The summed E-state index contributed by atoms with van der Waals surface area (Å²) in [7, 11) is 0. The third kappa shape index (κ3) is 3.78. The standard InChI is InChI=1S/C9H7BrCl2F2O/c10-3-5-1-6(11)9(7(12)2-5)15-4-8(13)14/h1-2,8H,3-4H2. The summed E-state index contributed by atoms with van der Waals surface area (Å²) in [5.41, 5.74) is 0.856. The van der Waals surface area contributed by atoms with Crippen molar-refractivity contribution in [3.8, 4) is 5.75 Å². The smallest absolute Gasteiger partial charge is 0.272 e. The van der Waals surface area contributed by atoms with E-state index in [1.807, 2.05) is 0 Å². The van der Waals surface area contributed by atoms with Gasteiger partial charge in [-0.3, -0.25) is 0 Å². The Bertz CT molecular complexity index is 324. The van der Waals surface area contributed by atoms with Crippen molar-refractivity contribution in [2.24, 2.45) is 0 Å². The predicted molar refractivity (Wildman–Crippen MR) is 60.6 cm³/mol. The molecule has 1 rings (SSSR count). The molecular formula is C9H7BrCl2F2O. The number of rotatable bonds is 4. The molecule has 0 saturated carbocycles. The highest BCUT2D eigenvalue weighted by molar-refractivity contribution is 9.08. The Morgan fingerprint density at radius 2 is 1.80 bits per heavy atom. The third-order valence-electron chi connectivity index (χ3n) is 1.57. The van der Waals surface area contributed by atoms with Crippen molar-refractivity contribution >= 4 is 39.1 Å². The van der Waals surface area contributed by atoms with Gasteiger partial charge in [0.1, 0.15) is 6.61 Å². The zero-order valence-corrected chi connectivity index (χ0v) is 10.5. The van der Waals surface area contributed by atoms with Gasteiger partial charge in [0.25, 0.3) is 6.43 Å². The molecule has 0 aromatic heterocycles. The maximum Gasteiger partial charge on any atom is 0.272 e. The van der Waals surface area contributed by atoms with Crippen LogP contribution in [0.25, 0.3) is 0 Å². The van der Waals surface area contributed by atoms with Gasteiger partial charge in [0.2, 0.25) is 0 Å². The number of hydrogen-bond donors (Lipinski definition) is 0. The third-order valence-corrected chi connectivity index (χ3v) is 2.78. The van der Waals surface area contributed by atoms with Crippen LogP contribution in [0, 0.1) is 0 Å². The molecule has 0 aliphatic carbocycles. The molecule has 0 saturated heterocycles. The lowest BCUT2D eigenvalue weighted by molar-refractivity contribution is 0.0820. The number of halogens is 5. The minimum Gasteiger partial charge on any atom is -0.485 e. The van der Waals surface area contributed by atoms with E-state index in [0.717, 1.165) is 5.56 Å². The van der Waals surface area contributed by atoms with Crippen LogP contribution < -0.4 is 4.74 Å². The van der Waals surface area contributed by atoms with Crippen molar-refractivity contribution in [3.63, 3.8) is 0 Å². The second-order valence-electron chi connectivity index (χ2n) is 2.72. The highest BCUT2D eigenvalue weighted by atomic mass is 79.9. The lowest BCUT2D eigenvalue weighted by Gasteiger charge is -2.10. The molecule has 0 aliphatic heterocycles. The van der Waals surface area contributed by atoms with E-state index in [0.29, 0.717) is 5.33 Å². The maximum absolute atomic E-state index is 11.9. The molecule has 0 N–H and O–H groups in total. The fraction of sp³-hybridized carbons (Fsp3) is 0.333. The van der Waals surface area contributed by atoms with E-state index in [4.69, 9.17) is 27.9 Å². The highest BCUT2D eigenvalue weighted by Crippen LogP contribution is 2.34. The number of alkyl halides is 3. The van der Waals surface area contributed by atoms with Crippen LogP contribution in [0.15, 0.2) is 12.1 Å². The van der Waals surface area contributed by atoms with Gasteiger partial charge >= 0.3 is 0 Å². The lowest BCUT2D eigenvalue weighted by Crippen LogP contribution is -2.07. The van der Waals surface area contributed by atoms with Crippen LogP contribution >= 0.6 is 39.1 Å². The molecule has 1 aromatic rings. The van der Waals surface area contributed by atoms with Gasteiger partial charge in [0.15, 0.2) is 5.75 Å². The molecule has 0 amide bonds. The predicted octanol–water partition coefficient (Wildman–Crippen LogP) is 4.53. The second-order valence-corrected chi connectivity index (χ2v) is 4.10. The van der Waals surface area contributed by atoms with Gasteiger partial charge in [0.05, 0.1) is 10.0 Å². The van der Waals surface area contributed by atoms with Crippen LogP contribution in [-0.4, -0.2) is 13.0 Å². The highest BCUT2D eigenvalue weighted by Gasteiger charge is 2.11. The Morgan fingerprint density at radius 3 is 2.20 bits per heavy atom. The molecular weight excluding hydrogens is 313 g/mol. The summed E-state index contributed by atoms with van der Waals surface area (Å²) in [4.78, 5) is 0. The fourth-order valence-electron chi connectivity index (χ4n) is 0.974. The minimum atomic E-state index is -2.55. The van der Waals surface area contributed by atoms with Crippen LogP contribution in [0.4, 0.5) is 8.78 Å². The van der Waals surface area contributed by atoms with E-state index in [9.17, 15) is 8.78 Å². The molecule has 0 atom stereocenters. The van der Waals surface area contributed by atoms with Gasteiger partial charge in [-0.25, -0.2) is 8.78 Å². The first-order valence-electron chi connectivity index (χ1n) is 3.99. The zero-order chi connectivity index (χ0) is 11.4. The molecule has 1 nitrogen and oxygen atoms in total. The fourth-order valence-corrected chi connectivity index (χ4v) is 1.94. The van der Waals surface area contributed by atoms with Gasteiger partial charge < -0.3 is 4.74 Å². The molecule has 1 aromatic carbocycles. The topological polar surface area (TPSA) is 9.23 Å². The summed E-state index contributed by atoms with van der Waals surface area (Å²) < 4.78 is 28.6. The van der Waals surface area contributed by atoms with Crippen LogP contribution in [0.5, 0.6) is 5.75 Å². The van der Waals surface area contributed by atoms with Crippen molar-refractivity contribution in [1.29, 1.82) is 0 Å². The summed E-state index contributed by atoms with van der Waals surface area (Å²) in [6, 6.07) is 3.23. The van der Waals surface area contributed by atoms with E-state index in [1.165, 1.54) is 0 Å². The van der Waals surface area contributed by atoms with Gasteiger partial charge in [-0.1, -0.05) is 39.1 Å². The van der Waals surface area contributed by atoms with Gasteiger partial charge in [-0.05, 0) is 17.7 Å². The first-order chi connectivity index (χ1) is 7.04. The van der Waals surface area contributed by atoms with Gasteiger partial charge in [0, 0.05) is 5.33 Å². The molecule has 0 aliphatic rings. The van der Waals surface area contributed by atoms with Crippen molar-refractivity contribution in [2.45, 2.75) is 11.8 Å². The number of hydrogen-bond acceptors (Lipinski definition) is 1. The first kappa shape index (κ1) is 13.0. The molecule has 0 radical (unpaired) electrons. The number of benzene rings is 1. The zero-order valence-electron chi connectivity index (χ0n) is 7.44. The van der Waals surface area contributed by atoms with Crippen LogP contribution in [-0.2, 0) is 5.33 Å². The summed E-state index contributed by atoms with van der Waals surface area (Å²) in [6.45, 7) is -0.715. The quantitative estimate of drug-likeness (QED) is 0.741. The molecule has 0 heterocycles. The Morgan fingerprint density at radius 1 is 1.27 bits per heavy atom. The van der Waals surface area contributed by atoms with Crippen molar-refractivity contribution < 1.29 is 13.5 Å². The summed E-state index contributed by atoms with van der Waals surface area (Å²) in [6.07, 6.45) is -2.55. The Kier molecular flexibility index (Phi) is 5.09.